The van der Waals surface area contributed by atoms with Crippen LogP contribution in [0.25, 0.3) is 0 Å². The molecule has 1 aromatic rings. The summed E-state index contributed by atoms with van der Waals surface area (Å²) < 4.78 is 29.7. The average molecular weight is 285 g/mol. The zero-order valence-corrected chi connectivity index (χ0v) is 12.2. The Morgan fingerprint density at radius 1 is 1.15 bits per heavy atom. The Labute approximate surface area is 120 Å². The number of methoxy groups -OCH3 is 1. The van der Waals surface area contributed by atoms with Gasteiger partial charge < -0.3 is 19.5 Å². The third-order valence-electron chi connectivity index (χ3n) is 2.83. The Hall–Kier alpha value is -1.01. The predicted molar refractivity (Wildman–Crippen MR) is 76.3 cm³/mol. The Morgan fingerprint density at radius 3 is 2.65 bits per heavy atom. The molecule has 0 aliphatic heterocycles. The lowest BCUT2D eigenvalue weighted by Gasteiger charge is -2.18. The van der Waals surface area contributed by atoms with E-state index in [9.17, 15) is 4.39 Å². The van der Waals surface area contributed by atoms with Crippen LogP contribution in [0.15, 0.2) is 24.3 Å². The van der Waals surface area contributed by atoms with Gasteiger partial charge in [0.05, 0.1) is 19.3 Å². The molecule has 0 aliphatic carbocycles. The fourth-order valence-electron chi connectivity index (χ4n) is 1.81. The van der Waals surface area contributed by atoms with E-state index in [1.807, 2.05) is 13.1 Å². The van der Waals surface area contributed by atoms with Crippen LogP contribution in [0.4, 0.5) is 4.39 Å². The van der Waals surface area contributed by atoms with Crippen molar-refractivity contribution in [2.45, 2.75) is 12.5 Å². The zero-order chi connectivity index (χ0) is 14.6. The lowest BCUT2D eigenvalue weighted by Crippen LogP contribution is -2.21. The summed E-state index contributed by atoms with van der Waals surface area (Å²) in [6.07, 6.45) is 0.499. The summed E-state index contributed by atoms with van der Waals surface area (Å²) in [7, 11) is 3.47. The minimum Gasteiger partial charge on any atom is -0.382 e. The van der Waals surface area contributed by atoms with E-state index in [2.05, 4.69) is 5.32 Å². The molecule has 1 atom stereocenters. The highest BCUT2D eigenvalue weighted by Gasteiger charge is 2.14. The first-order valence-corrected chi connectivity index (χ1v) is 6.87. The molecule has 0 radical (unpaired) electrons. The Kier molecular flexibility index (Phi) is 9.15. The second-order valence-electron chi connectivity index (χ2n) is 4.40. The van der Waals surface area contributed by atoms with E-state index in [1.54, 1.807) is 19.2 Å². The van der Waals surface area contributed by atoms with Crippen molar-refractivity contribution in [3.05, 3.63) is 35.6 Å². The number of hydrogen-bond donors (Lipinski definition) is 1. The van der Waals surface area contributed by atoms with Crippen LogP contribution in [0, 0.1) is 5.82 Å². The Bertz CT molecular complexity index is 363. The summed E-state index contributed by atoms with van der Waals surface area (Å²) in [5.74, 6) is -0.232. The highest BCUT2D eigenvalue weighted by Crippen LogP contribution is 2.20. The fraction of sp³-hybridized carbons (Fsp3) is 0.600. The van der Waals surface area contributed by atoms with Gasteiger partial charge in [-0.25, -0.2) is 4.39 Å². The minimum absolute atomic E-state index is 0.232. The van der Waals surface area contributed by atoms with Crippen LogP contribution >= 0.6 is 0 Å². The normalized spacial score (nSPS) is 12.6. The molecule has 1 rings (SSSR count). The SMILES string of the molecule is CNCC(OCCCOCCOC)c1ccccc1F. The lowest BCUT2D eigenvalue weighted by atomic mass is 10.1. The molecule has 0 amide bonds. The summed E-state index contributed by atoms with van der Waals surface area (Å²) in [5.41, 5.74) is 0.585. The van der Waals surface area contributed by atoms with Gasteiger partial charge in [0.2, 0.25) is 0 Å². The van der Waals surface area contributed by atoms with Crippen molar-refractivity contribution < 1.29 is 18.6 Å². The lowest BCUT2D eigenvalue weighted by molar-refractivity contribution is 0.0224. The number of halogens is 1. The maximum atomic E-state index is 13.7. The van der Waals surface area contributed by atoms with E-state index in [0.29, 0.717) is 38.5 Å². The third kappa shape index (κ3) is 6.43. The van der Waals surface area contributed by atoms with Crippen molar-refractivity contribution in [3.63, 3.8) is 0 Å². The maximum absolute atomic E-state index is 13.7. The van der Waals surface area contributed by atoms with Gasteiger partial charge in [0.1, 0.15) is 5.82 Å². The van der Waals surface area contributed by atoms with Crippen LogP contribution in [0.5, 0.6) is 0 Å². The van der Waals surface area contributed by atoms with Crippen molar-refractivity contribution in [3.8, 4) is 0 Å². The van der Waals surface area contributed by atoms with Crippen LogP contribution in [0.1, 0.15) is 18.1 Å². The van der Waals surface area contributed by atoms with Gasteiger partial charge in [-0.1, -0.05) is 18.2 Å². The van der Waals surface area contributed by atoms with E-state index in [-0.39, 0.29) is 11.9 Å². The van der Waals surface area contributed by atoms with Crippen molar-refractivity contribution in [1.29, 1.82) is 0 Å². The molecule has 5 heteroatoms. The number of ether oxygens (including phenoxy) is 3. The van der Waals surface area contributed by atoms with E-state index >= 15 is 0 Å². The summed E-state index contributed by atoms with van der Waals surface area (Å²) in [5, 5.41) is 3.02. The number of hydrogen-bond acceptors (Lipinski definition) is 4. The molecular weight excluding hydrogens is 261 g/mol. The van der Waals surface area contributed by atoms with Crippen molar-refractivity contribution in [2.75, 3.05) is 47.1 Å². The zero-order valence-electron chi connectivity index (χ0n) is 12.2. The van der Waals surface area contributed by atoms with E-state index in [1.165, 1.54) is 6.07 Å². The van der Waals surface area contributed by atoms with Crippen molar-refractivity contribution in [1.82, 2.24) is 5.32 Å². The van der Waals surface area contributed by atoms with Crippen molar-refractivity contribution >= 4 is 0 Å². The standard InChI is InChI=1S/C15H24FNO3/c1-17-12-15(13-6-3-4-7-14(13)16)20-9-5-8-19-11-10-18-2/h3-4,6-7,15,17H,5,8-12H2,1-2H3. The minimum atomic E-state index is -0.278. The first-order chi connectivity index (χ1) is 9.79. The van der Waals surface area contributed by atoms with Gasteiger partial charge >= 0.3 is 0 Å². The van der Waals surface area contributed by atoms with E-state index in [4.69, 9.17) is 14.2 Å². The number of rotatable bonds is 11. The molecule has 4 nitrogen and oxygen atoms in total. The molecular formula is C15H24FNO3. The first-order valence-electron chi connectivity index (χ1n) is 6.87. The molecule has 0 saturated carbocycles. The predicted octanol–water partition coefficient (Wildman–Crippen LogP) is 2.16. The second kappa shape index (κ2) is 10.7. The monoisotopic (exact) mass is 285 g/mol. The van der Waals surface area contributed by atoms with Crippen LogP contribution < -0.4 is 5.32 Å². The topological polar surface area (TPSA) is 39.7 Å². The molecule has 0 heterocycles. The number of benzene rings is 1. The second-order valence-corrected chi connectivity index (χ2v) is 4.40. The fourth-order valence-corrected chi connectivity index (χ4v) is 1.81. The largest absolute Gasteiger partial charge is 0.382 e. The smallest absolute Gasteiger partial charge is 0.129 e. The van der Waals surface area contributed by atoms with E-state index in [0.717, 1.165) is 6.42 Å². The molecule has 0 bridgehead atoms. The number of likely N-dealkylation sites (N-methyl/N-ethyl adjacent to an activating group) is 1. The van der Waals surface area contributed by atoms with Gasteiger partial charge in [-0.3, -0.25) is 0 Å². The van der Waals surface area contributed by atoms with Gasteiger partial charge in [0.15, 0.2) is 0 Å². The molecule has 0 aromatic heterocycles. The van der Waals surface area contributed by atoms with Crippen molar-refractivity contribution in [2.24, 2.45) is 0 Å². The summed E-state index contributed by atoms with van der Waals surface area (Å²) in [4.78, 5) is 0. The number of nitrogens with one attached hydrogen (secondary N) is 1. The molecule has 0 saturated heterocycles. The molecule has 114 valence electrons. The van der Waals surface area contributed by atoms with Gasteiger partial charge in [0, 0.05) is 32.4 Å². The van der Waals surface area contributed by atoms with Gasteiger partial charge in [-0.15, -0.1) is 0 Å². The Morgan fingerprint density at radius 2 is 1.95 bits per heavy atom. The molecule has 0 spiro atoms. The quantitative estimate of drug-likeness (QED) is 0.632. The highest BCUT2D eigenvalue weighted by molar-refractivity contribution is 5.20. The first kappa shape index (κ1) is 17.0. The van der Waals surface area contributed by atoms with Crippen LogP contribution in [-0.4, -0.2) is 47.1 Å². The third-order valence-corrected chi connectivity index (χ3v) is 2.83. The molecule has 1 N–H and O–H groups in total. The molecule has 0 aliphatic rings. The Balaban J connectivity index is 2.31. The van der Waals surface area contributed by atoms with Gasteiger partial charge in [-0.05, 0) is 19.5 Å². The molecule has 0 fully saturated rings. The van der Waals surface area contributed by atoms with Gasteiger partial charge in [-0.2, -0.15) is 0 Å². The van der Waals surface area contributed by atoms with Crippen LogP contribution in [0.3, 0.4) is 0 Å². The maximum Gasteiger partial charge on any atom is 0.129 e. The molecule has 1 unspecified atom stereocenters. The summed E-state index contributed by atoms with van der Waals surface area (Å²) >= 11 is 0. The average Bonchev–Trinajstić information content (AvgIpc) is 2.46. The highest BCUT2D eigenvalue weighted by atomic mass is 19.1. The molecule has 1 aromatic carbocycles. The summed E-state index contributed by atoms with van der Waals surface area (Å²) in [6.45, 7) is 2.91. The summed E-state index contributed by atoms with van der Waals surface area (Å²) in [6, 6.07) is 6.71. The van der Waals surface area contributed by atoms with E-state index < -0.39 is 0 Å². The van der Waals surface area contributed by atoms with Crippen LogP contribution in [0.2, 0.25) is 0 Å². The van der Waals surface area contributed by atoms with Crippen LogP contribution in [-0.2, 0) is 14.2 Å². The molecule has 20 heavy (non-hydrogen) atoms. The van der Waals surface area contributed by atoms with Gasteiger partial charge in [0.25, 0.3) is 0 Å².